The molecule has 2 aliphatic rings. The Hall–Kier alpha value is -3.72. The van der Waals surface area contributed by atoms with E-state index in [9.17, 15) is 4.79 Å². The van der Waals surface area contributed by atoms with Crippen LogP contribution in [0.4, 0.5) is 0 Å². The normalized spacial score (nSPS) is 12.4. The average molecular weight is 434 g/mol. The van der Waals surface area contributed by atoms with Gasteiger partial charge in [0.1, 0.15) is 11.2 Å². The SMILES string of the molecule is CC(C)(c1ccccc1)c1ccc2oc3cc(=O)c(C(C)(C)c4ccccc4)cc-3nc2c1. The summed E-state index contributed by atoms with van der Waals surface area (Å²) in [6.07, 6.45) is 0. The van der Waals surface area contributed by atoms with Gasteiger partial charge < -0.3 is 4.42 Å². The first kappa shape index (κ1) is 21.1. The van der Waals surface area contributed by atoms with E-state index in [1.807, 2.05) is 36.4 Å². The van der Waals surface area contributed by atoms with Crippen molar-refractivity contribution in [2.45, 2.75) is 38.5 Å². The van der Waals surface area contributed by atoms with Gasteiger partial charge in [0.25, 0.3) is 0 Å². The van der Waals surface area contributed by atoms with Crippen LogP contribution in [0.25, 0.3) is 22.6 Å². The van der Waals surface area contributed by atoms with Gasteiger partial charge in [0.2, 0.25) is 0 Å². The maximum absolute atomic E-state index is 13.0. The highest BCUT2D eigenvalue weighted by Crippen LogP contribution is 2.36. The highest BCUT2D eigenvalue weighted by molar-refractivity contribution is 5.78. The molecule has 5 rings (SSSR count). The number of hydrogen-bond acceptors (Lipinski definition) is 3. The van der Waals surface area contributed by atoms with Crippen LogP contribution in [0, 0.1) is 0 Å². The van der Waals surface area contributed by atoms with Gasteiger partial charge in [-0.25, -0.2) is 4.98 Å². The number of aromatic nitrogens is 1. The minimum atomic E-state index is -0.444. The quantitative estimate of drug-likeness (QED) is 0.288. The minimum absolute atomic E-state index is 0.0388. The van der Waals surface area contributed by atoms with Gasteiger partial charge in [0.15, 0.2) is 16.8 Å². The van der Waals surface area contributed by atoms with Crippen molar-refractivity contribution in [1.29, 1.82) is 0 Å². The van der Waals surface area contributed by atoms with Gasteiger partial charge >= 0.3 is 0 Å². The molecule has 3 aromatic rings. The molecule has 0 atom stereocenters. The van der Waals surface area contributed by atoms with Gasteiger partial charge in [0, 0.05) is 22.5 Å². The number of nitrogens with zero attached hydrogens (tertiary/aromatic N) is 1. The Balaban J connectivity index is 1.66. The van der Waals surface area contributed by atoms with Gasteiger partial charge in [-0.3, -0.25) is 4.79 Å². The number of benzene rings is 4. The van der Waals surface area contributed by atoms with Crippen LogP contribution in [0.1, 0.15) is 49.9 Å². The molecular formula is C30H27NO2. The van der Waals surface area contributed by atoms with Crippen molar-refractivity contribution in [3.63, 3.8) is 0 Å². The van der Waals surface area contributed by atoms with Gasteiger partial charge in [-0.05, 0) is 34.9 Å². The molecule has 0 bridgehead atoms. The number of fused-ring (bicyclic) bond motifs is 2. The van der Waals surface area contributed by atoms with E-state index in [1.54, 1.807) is 6.07 Å². The Labute approximate surface area is 194 Å². The molecule has 0 spiro atoms. The Morgan fingerprint density at radius 3 is 1.91 bits per heavy atom. The molecule has 0 N–H and O–H groups in total. The summed E-state index contributed by atoms with van der Waals surface area (Å²) in [6.45, 7) is 8.57. The van der Waals surface area contributed by atoms with Crippen LogP contribution < -0.4 is 5.43 Å². The first-order valence-electron chi connectivity index (χ1n) is 11.3. The van der Waals surface area contributed by atoms with Crippen LogP contribution >= 0.6 is 0 Å². The highest BCUT2D eigenvalue weighted by Gasteiger charge is 2.28. The van der Waals surface area contributed by atoms with E-state index in [-0.39, 0.29) is 10.8 Å². The van der Waals surface area contributed by atoms with E-state index >= 15 is 0 Å². The number of hydrogen-bond donors (Lipinski definition) is 0. The van der Waals surface area contributed by atoms with Crippen LogP contribution in [-0.2, 0) is 10.8 Å². The molecule has 3 nitrogen and oxygen atoms in total. The fourth-order valence-electron chi connectivity index (χ4n) is 4.57. The zero-order valence-corrected chi connectivity index (χ0v) is 19.4. The number of rotatable bonds is 4. The topological polar surface area (TPSA) is 43.1 Å². The summed E-state index contributed by atoms with van der Waals surface area (Å²) >= 11 is 0. The first-order chi connectivity index (χ1) is 15.8. The second-order valence-electron chi connectivity index (χ2n) is 9.69. The Kier molecular flexibility index (Phi) is 4.93. The molecule has 0 aromatic heterocycles. The first-order valence-corrected chi connectivity index (χ1v) is 11.3. The third-order valence-corrected chi connectivity index (χ3v) is 6.87. The van der Waals surface area contributed by atoms with Crippen LogP contribution in [-0.4, -0.2) is 4.98 Å². The lowest BCUT2D eigenvalue weighted by Gasteiger charge is -2.27. The van der Waals surface area contributed by atoms with Gasteiger partial charge in [-0.1, -0.05) is 94.4 Å². The van der Waals surface area contributed by atoms with E-state index in [0.29, 0.717) is 22.6 Å². The summed E-state index contributed by atoms with van der Waals surface area (Å²) in [5, 5.41) is 0. The second-order valence-corrected chi connectivity index (χ2v) is 9.69. The minimum Gasteiger partial charge on any atom is -0.453 e. The lowest BCUT2D eigenvalue weighted by molar-refractivity contribution is 0.601. The van der Waals surface area contributed by atoms with Crippen LogP contribution in [0.15, 0.2) is 100 Å². The summed E-state index contributed by atoms with van der Waals surface area (Å²) in [6, 6.07) is 30.2. The van der Waals surface area contributed by atoms with Crippen LogP contribution in [0.2, 0.25) is 0 Å². The predicted octanol–water partition coefficient (Wildman–Crippen LogP) is 6.94. The average Bonchev–Trinajstić information content (AvgIpc) is 2.83. The van der Waals surface area contributed by atoms with Crippen LogP contribution in [0.5, 0.6) is 0 Å². The zero-order chi connectivity index (χ0) is 23.2. The van der Waals surface area contributed by atoms with Gasteiger partial charge in [-0.15, -0.1) is 0 Å². The van der Waals surface area contributed by atoms with Crippen molar-refractivity contribution in [2.24, 2.45) is 0 Å². The molecule has 3 heteroatoms. The Morgan fingerprint density at radius 1 is 0.667 bits per heavy atom. The van der Waals surface area contributed by atoms with Gasteiger partial charge in [-0.2, -0.15) is 0 Å². The smallest absolute Gasteiger partial charge is 0.186 e. The summed E-state index contributed by atoms with van der Waals surface area (Å²) in [7, 11) is 0. The van der Waals surface area contributed by atoms with Crippen molar-refractivity contribution in [3.8, 4) is 11.5 Å². The second kappa shape index (κ2) is 7.70. The molecule has 1 aliphatic carbocycles. The van der Waals surface area contributed by atoms with Crippen molar-refractivity contribution in [3.05, 3.63) is 123 Å². The third-order valence-electron chi connectivity index (χ3n) is 6.87. The molecule has 0 saturated heterocycles. The Bertz CT molecular complexity index is 1460. The van der Waals surface area contributed by atoms with E-state index < -0.39 is 5.41 Å². The van der Waals surface area contributed by atoms with Gasteiger partial charge in [0.05, 0.1) is 0 Å². The maximum Gasteiger partial charge on any atom is 0.186 e. The summed E-state index contributed by atoms with van der Waals surface area (Å²) in [5.74, 6) is 0.509. The lowest BCUT2D eigenvalue weighted by Crippen LogP contribution is -2.27. The Morgan fingerprint density at radius 2 is 1.27 bits per heavy atom. The molecule has 0 amide bonds. The largest absolute Gasteiger partial charge is 0.453 e. The zero-order valence-electron chi connectivity index (χ0n) is 19.4. The van der Waals surface area contributed by atoms with Crippen molar-refractivity contribution >= 4 is 11.1 Å². The highest BCUT2D eigenvalue weighted by atomic mass is 16.3. The molecule has 33 heavy (non-hydrogen) atoms. The molecule has 0 radical (unpaired) electrons. The van der Waals surface area contributed by atoms with E-state index in [4.69, 9.17) is 9.40 Å². The fourth-order valence-corrected chi connectivity index (χ4v) is 4.57. The molecular weight excluding hydrogens is 406 g/mol. The molecule has 3 aromatic carbocycles. The standard InChI is InChI=1S/C30H27NO2/c1-29(2,20-11-7-5-8-12-20)22-15-16-27-24(17-22)31-25-18-23(26(32)19-28(25)33-27)30(3,4)21-13-9-6-10-14-21/h5-19H,1-4H3. The molecule has 0 fully saturated rings. The molecule has 164 valence electrons. The predicted molar refractivity (Wildman–Crippen MR) is 134 cm³/mol. The van der Waals surface area contributed by atoms with Crippen LogP contribution in [0.3, 0.4) is 0 Å². The fraction of sp³-hybridized carbons (Fsp3) is 0.200. The lowest BCUT2D eigenvalue weighted by atomic mass is 9.77. The molecule has 1 aliphatic heterocycles. The van der Waals surface area contributed by atoms with Crippen molar-refractivity contribution < 1.29 is 4.42 Å². The summed E-state index contributed by atoms with van der Waals surface area (Å²) in [4.78, 5) is 18.0. The molecule has 1 heterocycles. The maximum atomic E-state index is 13.0. The van der Waals surface area contributed by atoms with E-state index in [1.165, 1.54) is 5.56 Å². The van der Waals surface area contributed by atoms with E-state index in [2.05, 4.69) is 76.2 Å². The summed E-state index contributed by atoms with van der Waals surface area (Å²) in [5.41, 5.74) is 5.69. The monoisotopic (exact) mass is 433 g/mol. The third kappa shape index (κ3) is 3.64. The molecule has 0 saturated carbocycles. The molecule has 0 unspecified atom stereocenters. The van der Waals surface area contributed by atoms with E-state index in [0.717, 1.165) is 16.6 Å². The summed E-state index contributed by atoms with van der Waals surface area (Å²) < 4.78 is 6.11. The van der Waals surface area contributed by atoms with Crippen molar-refractivity contribution in [1.82, 2.24) is 4.98 Å². The van der Waals surface area contributed by atoms with Crippen molar-refractivity contribution in [2.75, 3.05) is 0 Å².